The first-order valence-corrected chi connectivity index (χ1v) is 7.09. The van der Waals surface area contributed by atoms with Gasteiger partial charge in [-0.15, -0.1) is 0 Å². The van der Waals surface area contributed by atoms with Gasteiger partial charge >= 0.3 is 0 Å². The van der Waals surface area contributed by atoms with Crippen molar-refractivity contribution < 1.29 is 4.79 Å². The van der Waals surface area contributed by atoms with Crippen LogP contribution >= 0.6 is 11.6 Å². The van der Waals surface area contributed by atoms with Crippen LogP contribution in [0, 0.1) is 0 Å². The summed E-state index contributed by atoms with van der Waals surface area (Å²) >= 11 is 6.00. The molecule has 0 saturated carbocycles. The predicted octanol–water partition coefficient (Wildman–Crippen LogP) is 3.37. The minimum Gasteiger partial charge on any atom is -0.376 e. The van der Waals surface area contributed by atoms with Gasteiger partial charge in [0.25, 0.3) is 0 Å². The Bertz CT molecular complexity index is 614. The maximum Gasteiger partial charge on any atom is 0.224 e. The summed E-state index contributed by atoms with van der Waals surface area (Å²) in [5.74, 6) is -0.0304. The molecule has 1 aromatic carbocycles. The Morgan fingerprint density at radius 1 is 1.24 bits per heavy atom. The van der Waals surface area contributed by atoms with Crippen LogP contribution in [0.4, 0.5) is 11.4 Å². The van der Waals surface area contributed by atoms with E-state index in [1.807, 2.05) is 43.3 Å². The van der Waals surface area contributed by atoms with Crippen LogP contribution in [0.5, 0.6) is 0 Å². The van der Waals surface area contributed by atoms with E-state index < -0.39 is 0 Å². The van der Waals surface area contributed by atoms with E-state index in [0.717, 1.165) is 16.9 Å². The van der Waals surface area contributed by atoms with Gasteiger partial charge in [0.15, 0.2) is 0 Å². The van der Waals surface area contributed by atoms with E-state index in [-0.39, 0.29) is 5.91 Å². The largest absolute Gasteiger partial charge is 0.376 e. The van der Waals surface area contributed by atoms with Gasteiger partial charge in [-0.05, 0) is 42.3 Å². The van der Waals surface area contributed by atoms with Crippen molar-refractivity contribution in [3.63, 3.8) is 0 Å². The third-order valence-electron chi connectivity index (χ3n) is 3.10. The van der Waals surface area contributed by atoms with Crippen molar-refractivity contribution in [2.75, 3.05) is 24.3 Å². The molecule has 0 saturated heterocycles. The van der Waals surface area contributed by atoms with Gasteiger partial charge < -0.3 is 10.2 Å². The summed E-state index contributed by atoms with van der Waals surface area (Å²) in [6.07, 6.45) is 4.57. The topological polar surface area (TPSA) is 45.2 Å². The number of hydrogen-bond acceptors (Lipinski definition) is 3. The minimum absolute atomic E-state index is 0.0304. The summed E-state index contributed by atoms with van der Waals surface area (Å²) in [5.41, 5.74) is 2.75. The third kappa shape index (κ3) is 4.46. The van der Waals surface area contributed by atoms with E-state index in [0.29, 0.717) is 17.9 Å². The summed E-state index contributed by atoms with van der Waals surface area (Å²) in [6, 6.07) is 9.29. The molecule has 0 aliphatic heterocycles. The lowest BCUT2D eigenvalue weighted by atomic mass is 10.1. The van der Waals surface area contributed by atoms with Crippen molar-refractivity contribution in [3.8, 4) is 0 Å². The highest BCUT2D eigenvalue weighted by Gasteiger charge is 2.09. The number of carbonyl (C=O) groups excluding carboxylic acids is 1. The van der Waals surface area contributed by atoms with Crippen molar-refractivity contribution in [3.05, 3.63) is 53.3 Å². The van der Waals surface area contributed by atoms with Crippen LogP contribution in [-0.2, 0) is 11.2 Å². The smallest absolute Gasteiger partial charge is 0.224 e. The summed E-state index contributed by atoms with van der Waals surface area (Å²) < 4.78 is 0. The van der Waals surface area contributed by atoms with E-state index in [1.165, 1.54) is 0 Å². The molecule has 1 N–H and O–H groups in total. The number of nitrogens with one attached hydrogen (secondary N) is 1. The highest BCUT2D eigenvalue weighted by atomic mass is 35.5. The average Bonchev–Trinajstić information content (AvgIpc) is 2.46. The SMILES string of the molecule is CN(C)c1ccc(Cl)cc1NC(=O)CCc1ccncc1. The fourth-order valence-corrected chi connectivity index (χ4v) is 2.19. The van der Waals surface area contributed by atoms with Crippen molar-refractivity contribution in [1.82, 2.24) is 4.98 Å². The summed E-state index contributed by atoms with van der Waals surface area (Å²) in [6.45, 7) is 0. The van der Waals surface area contributed by atoms with E-state index in [9.17, 15) is 4.79 Å². The molecule has 2 aromatic rings. The molecule has 2 rings (SSSR count). The molecule has 0 aliphatic carbocycles. The molecule has 1 heterocycles. The van der Waals surface area contributed by atoms with Crippen LogP contribution in [-0.4, -0.2) is 25.0 Å². The lowest BCUT2D eigenvalue weighted by Crippen LogP contribution is -2.17. The number of aryl methyl sites for hydroxylation is 1. The highest BCUT2D eigenvalue weighted by molar-refractivity contribution is 6.31. The van der Waals surface area contributed by atoms with E-state index in [2.05, 4.69) is 10.3 Å². The molecule has 0 unspecified atom stereocenters. The Kier molecular flexibility index (Phi) is 5.17. The second kappa shape index (κ2) is 7.09. The van der Waals surface area contributed by atoms with Gasteiger partial charge in [0.2, 0.25) is 5.91 Å². The van der Waals surface area contributed by atoms with E-state index in [1.54, 1.807) is 18.5 Å². The summed E-state index contributed by atoms with van der Waals surface area (Å²) in [4.78, 5) is 18.0. The van der Waals surface area contributed by atoms with Crippen LogP contribution in [0.2, 0.25) is 5.02 Å². The number of pyridine rings is 1. The Morgan fingerprint density at radius 2 is 1.95 bits per heavy atom. The molecule has 0 aliphatic rings. The quantitative estimate of drug-likeness (QED) is 0.921. The lowest BCUT2D eigenvalue weighted by Gasteiger charge is -2.18. The molecule has 4 nitrogen and oxygen atoms in total. The van der Waals surface area contributed by atoms with E-state index >= 15 is 0 Å². The lowest BCUT2D eigenvalue weighted by molar-refractivity contribution is -0.116. The second-order valence-electron chi connectivity index (χ2n) is 4.96. The van der Waals surface area contributed by atoms with Crippen molar-refractivity contribution >= 4 is 28.9 Å². The normalized spacial score (nSPS) is 10.2. The van der Waals surface area contributed by atoms with Gasteiger partial charge in [0.1, 0.15) is 0 Å². The number of hydrogen-bond donors (Lipinski definition) is 1. The number of anilines is 2. The maximum atomic E-state index is 12.1. The molecule has 1 amide bonds. The molecule has 0 radical (unpaired) electrons. The number of aromatic nitrogens is 1. The molecular weight excluding hydrogens is 286 g/mol. The number of carbonyl (C=O) groups is 1. The van der Waals surface area contributed by atoms with Gasteiger partial charge in [-0.3, -0.25) is 9.78 Å². The van der Waals surface area contributed by atoms with Crippen LogP contribution in [0.25, 0.3) is 0 Å². The Hall–Kier alpha value is -2.07. The van der Waals surface area contributed by atoms with Crippen molar-refractivity contribution in [2.45, 2.75) is 12.8 Å². The van der Waals surface area contributed by atoms with E-state index in [4.69, 9.17) is 11.6 Å². The highest BCUT2D eigenvalue weighted by Crippen LogP contribution is 2.27. The number of amides is 1. The van der Waals surface area contributed by atoms with Crippen LogP contribution < -0.4 is 10.2 Å². The summed E-state index contributed by atoms with van der Waals surface area (Å²) in [5, 5.41) is 3.52. The van der Waals surface area contributed by atoms with Crippen LogP contribution in [0.3, 0.4) is 0 Å². The fourth-order valence-electron chi connectivity index (χ4n) is 2.02. The number of rotatable bonds is 5. The zero-order chi connectivity index (χ0) is 15.2. The Balaban J connectivity index is 2.01. The fraction of sp³-hybridized carbons (Fsp3) is 0.250. The molecule has 0 fully saturated rings. The predicted molar refractivity (Wildman–Crippen MR) is 87.0 cm³/mol. The van der Waals surface area contributed by atoms with Crippen LogP contribution in [0.15, 0.2) is 42.7 Å². The van der Waals surface area contributed by atoms with Crippen LogP contribution in [0.1, 0.15) is 12.0 Å². The average molecular weight is 304 g/mol. The number of nitrogens with zero attached hydrogens (tertiary/aromatic N) is 2. The first kappa shape index (κ1) is 15.3. The van der Waals surface area contributed by atoms with Gasteiger partial charge in [0.05, 0.1) is 11.4 Å². The molecule has 0 bridgehead atoms. The zero-order valence-electron chi connectivity index (χ0n) is 12.1. The Labute approximate surface area is 129 Å². The number of halogens is 1. The second-order valence-corrected chi connectivity index (χ2v) is 5.40. The van der Waals surface area contributed by atoms with Gasteiger partial charge in [-0.25, -0.2) is 0 Å². The molecule has 0 spiro atoms. The molecule has 1 aromatic heterocycles. The molecule has 0 atom stereocenters. The van der Waals surface area contributed by atoms with Crippen molar-refractivity contribution in [1.29, 1.82) is 0 Å². The molecule has 5 heteroatoms. The van der Waals surface area contributed by atoms with Gasteiger partial charge in [0, 0.05) is 37.9 Å². The molecule has 110 valence electrons. The first-order valence-electron chi connectivity index (χ1n) is 6.72. The maximum absolute atomic E-state index is 12.1. The van der Waals surface area contributed by atoms with Gasteiger partial charge in [-0.2, -0.15) is 0 Å². The minimum atomic E-state index is -0.0304. The monoisotopic (exact) mass is 303 g/mol. The first-order chi connectivity index (χ1) is 10.1. The summed E-state index contributed by atoms with van der Waals surface area (Å²) in [7, 11) is 3.85. The standard InChI is InChI=1S/C16H18ClN3O/c1-20(2)15-5-4-13(17)11-14(15)19-16(21)6-3-12-7-9-18-10-8-12/h4-5,7-11H,3,6H2,1-2H3,(H,19,21). The Morgan fingerprint density at radius 3 is 2.62 bits per heavy atom. The zero-order valence-corrected chi connectivity index (χ0v) is 12.9. The molecular formula is C16H18ClN3O. The molecule has 21 heavy (non-hydrogen) atoms. The number of benzene rings is 1. The van der Waals surface area contributed by atoms with Gasteiger partial charge in [-0.1, -0.05) is 11.6 Å². The van der Waals surface area contributed by atoms with Crippen molar-refractivity contribution in [2.24, 2.45) is 0 Å². The third-order valence-corrected chi connectivity index (χ3v) is 3.34.